The molecule has 4 nitrogen and oxygen atoms in total. The summed E-state index contributed by atoms with van der Waals surface area (Å²) in [5.41, 5.74) is 6.01. The number of hydrogen-bond donors (Lipinski definition) is 2. The van der Waals surface area contributed by atoms with E-state index < -0.39 is 0 Å². The Morgan fingerprint density at radius 2 is 1.83 bits per heavy atom. The van der Waals surface area contributed by atoms with E-state index in [-0.39, 0.29) is 18.0 Å². The van der Waals surface area contributed by atoms with Gasteiger partial charge in [-0.2, -0.15) is 0 Å². The second-order valence-electron chi connectivity index (χ2n) is 6.15. The van der Waals surface area contributed by atoms with Crippen LogP contribution in [0.25, 0.3) is 0 Å². The molecule has 3 N–H and O–H groups in total. The highest BCUT2D eigenvalue weighted by atomic mass is 16.2. The number of carbonyl (C=O) groups excluding carboxylic acids is 1. The minimum atomic E-state index is -0.0381. The molecular formula is C14H27N3O. The Morgan fingerprint density at radius 1 is 1.28 bits per heavy atom. The second-order valence-corrected chi connectivity index (χ2v) is 6.15. The van der Waals surface area contributed by atoms with Gasteiger partial charge in [-0.15, -0.1) is 0 Å². The molecule has 1 aliphatic carbocycles. The average Bonchev–Trinajstić information content (AvgIpc) is 3.12. The maximum absolute atomic E-state index is 12.2. The van der Waals surface area contributed by atoms with E-state index in [2.05, 4.69) is 24.1 Å². The van der Waals surface area contributed by atoms with E-state index in [0.717, 1.165) is 0 Å². The topological polar surface area (TPSA) is 58.4 Å². The Balaban J connectivity index is 1.80. The summed E-state index contributed by atoms with van der Waals surface area (Å²) in [6.07, 6.45) is 4.85. The normalized spacial score (nSPS) is 32.2. The lowest BCUT2D eigenvalue weighted by molar-refractivity contribution is -0.126. The van der Waals surface area contributed by atoms with Gasteiger partial charge < -0.3 is 11.1 Å². The van der Waals surface area contributed by atoms with Crippen molar-refractivity contribution in [3.8, 4) is 0 Å². The molecule has 1 amide bonds. The molecule has 1 saturated heterocycles. The summed E-state index contributed by atoms with van der Waals surface area (Å²) in [7, 11) is 0. The SMILES string of the molecule is CC1CCC(C)N1C(C)C(=O)NCC(N)C1CC1. The molecule has 1 aliphatic heterocycles. The minimum Gasteiger partial charge on any atom is -0.353 e. The molecule has 4 unspecified atom stereocenters. The zero-order valence-corrected chi connectivity index (χ0v) is 11.9. The molecule has 4 atom stereocenters. The van der Waals surface area contributed by atoms with Gasteiger partial charge in [0.15, 0.2) is 0 Å². The monoisotopic (exact) mass is 253 g/mol. The van der Waals surface area contributed by atoms with Gasteiger partial charge in [-0.05, 0) is 52.4 Å². The molecule has 2 fully saturated rings. The van der Waals surface area contributed by atoms with Crippen LogP contribution >= 0.6 is 0 Å². The van der Waals surface area contributed by atoms with E-state index in [0.29, 0.717) is 24.5 Å². The van der Waals surface area contributed by atoms with Crippen molar-refractivity contribution in [2.45, 2.75) is 70.6 Å². The Labute approximate surface area is 110 Å². The molecule has 1 heterocycles. The molecule has 0 bridgehead atoms. The second kappa shape index (κ2) is 5.57. The van der Waals surface area contributed by atoms with Crippen molar-refractivity contribution in [2.24, 2.45) is 11.7 Å². The first kappa shape index (κ1) is 13.8. The van der Waals surface area contributed by atoms with Crippen molar-refractivity contribution >= 4 is 5.91 Å². The predicted molar refractivity (Wildman–Crippen MR) is 73.2 cm³/mol. The molecule has 0 aromatic heterocycles. The maximum atomic E-state index is 12.2. The van der Waals surface area contributed by atoms with Crippen LogP contribution in [0, 0.1) is 5.92 Å². The van der Waals surface area contributed by atoms with Crippen molar-refractivity contribution in [2.75, 3.05) is 6.54 Å². The Kier molecular flexibility index (Phi) is 4.28. The minimum absolute atomic E-state index is 0.0381. The van der Waals surface area contributed by atoms with E-state index in [1.807, 2.05) is 6.92 Å². The predicted octanol–water partition coefficient (Wildman–Crippen LogP) is 1.10. The third-order valence-corrected chi connectivity index (χ3v) is 4.59. The quantitative estimate of drug-likeness (QED) is 0.771. The van der Waals surface area contributed by atoms with Gasteiger partial charge in [0.25, 0.3) is 0 Å². The number of amides is 1. The van der Waals surface area contributed by atoms with Gasteiger partial charge in [-0.1, -0.05) is 0 Å². The van der Waals surface area contributed by atoms with Crippen molar-refractivity contribution in [3.63, 3.8) is 0 Å². The zero-order valence-electron chi connectivity index (χ0n) is 11.9. The zero-order chi connectivity index (χ0) is 13.3. The summed E-state index contributed by atoms with van der Waals surface area (Å²) in [6, 6.07) is 1.13. The van der Waals surface area contributed by atoms with Crippen LogP contribution in [0.15, 0.2) is 0 Å². The fourth-order valence-corrected chi connectivity index (χ4v) is 3.17. The third kappa shape index (κ3) is 3.04. The maximum Gasteiger partial charge on any atom is 0.237 e. The van der Waals surface area contributed by atoms with Gasteiger partial charge in [0.2, 0.25) is 5.91 Å². The summed E-state index contributed by atoms with van der Waals surface area (Å²) in [5.74, 6) is 0.775. The van der Waals surface area contributed by atoms with Crippen LogP contribution in [-0.2, 0) is 4.79 Å². The molecule has 104 valence electrons. The van der Waals surface area contributed by atoms with Crippen LogP contribution in [0.2, 0.25) is 0 Å². The highest BCUT2D eigenvalue weighted by Crippen LogP contribution is 2.31. The summed E-state index contributed by atoms with van der Waals surface area (Å²) >= 11 is 0. The van der Waals surface area contributed by atoms with E-state index in [1.165, 1.54) is 25.7 Å². The molecule has 4 heteroatoms. The van der Waals surface area contributed by atoms with Crippen molar-refractivity contribution in [1.82, 2.24) is 10.2 Å². The average molecular weight is 253 g/mol. The molecule has 18 heavy (non-hydrogen) atoms. The van der Waals surface area contributed by atoms with Gasteiger partial charge in [-0.3, -0.25) is 9.69 Å². The Hall–Kier alpha value is -0.610. The molecule has 1 saturated carbocycles. The Bertz CT molecular complexity index is 293. The summed E-state index contributed by atoms with van der Waals surface area (Å²) in [6.45, 7) is 7.06. The number of likely N-dealkylation sites (tertiary alicyclic amines) is 1. The van der Waals surface area contributed by atoms with Crippen molar-refractivity contribution in [1.29, 1.82) is 0 Å². The molecule has 0 spiro atoms. The van der Waals surface area contributed by atoms with Gasteiger partial charge in [0, 0.05) is 24.7 Å². The fourth-order valence-electron chi connectivity index (χ4n) is 3.17. The lowest BCUT2D eigenvalue weighted by Gasteiger charge is -2.31. The van der Waals surface area contributed by atoms with E-state index in [9.17, 15) is 4.79 Å². The summed E-state index contributed by atoms with van der Waals surface area (Å²) < 4.78 is 0. The first-order valence-corrected chi connectivity index (χ1v) is 7.31. The van der Waals surface area contributed by atoms with Crippen LogP contribution in [0.4, 0.5) is 0 Å². The van der Waals surface area contributed by atoms with Crippen LogP contribution in [0.3, 0.4) is 0 Å². The number of hydrogen-bond acceptors (Lipinski definition) is 3. The van der Waals surface area contributed by atoms with Crippen LogP contribution in [0.1, 0.15) is 46.5 Å². The standard InChI is InChI=1S/C14H27N3O/c1-9-4-5-10(2)17(9)11(3)14(18)16-8-13(15)12-6-7-12/h9-13H,4-8,15H2,1-3H3,(H,16,18). The fraction of sp³-hybridized carbons (Fsp3) is 0.929. The van der Waals surface area contributed by atoms with Gasteiger partial charge in [-0.25, -0.2) is 0 Å². The van der Waals surface area contributed by atoms with Crippen LogP contribution in [0.5, 0.6) is 0 Å². The lowest BCUT2D eigenvalue weighted by Crippen LogP contribution is -2.51. The lowest BCUT2D eigenvalue weighted by atomic mass is 10.1. The number of rotatable bonds is 5. The molecular weight excluding hydrogens is 226 g/mol. The number of nitrogens with zero attached hydrogens (tertiary/aromatic N) is 1. The Morgan fingerprint density at radius 3 is 2.33 bits per heavy atom. The number of nitrogens with two attached hydrogens (primary N) is 1. The van der Waals surface area contributed by atoms with Crippen molar-refractivity contribution < 1.29 is 4.79 Å². The summed E-state index contributed by atoms with van der Waals surface area (Å²) in [5, 5.41) is 3.02. The molecule has 0 aromatic carbocycles. The molecule has 2 rings (SSSR count). The van der Waals surface area contributed by atoms with Gasteiger partial charge in [0.1, 0.15) is 0 Å². The van der Waals surface area contributed by atoms with Crippen molar-refractivity contribution in [3.05, 3.63) is 0 Å². The highest BCUT2D eigenvalue weighted by Gasteiger charge is 2.35. The van der Waals surface area contributed by atoms with Gasteiger partial charge in [0.05, 0.1) is 6.04 Å². The molecule has 0 radical (unpaired) electrons. The molecule has 0 aromatic rings. The van der Waals surface area contributed by atoms with Gasteiger partial charge >= 0.3 is 0 Å². The van der Waals surface area contributed by atoms with Crippen LogP contribution in [-0.4, -0.2) is 41.5 Å². The summed E-state index contributed by atoms with van der Waals surface area (Å²) in [4.78, 5) is 14.5. The first-order valence-electron chi connectivity index (χ1n) is 7.31. The van der Waals surface area contributed by atoms with Crippen LogP contribution < -0.4 is 11.1 Å². The van der Waals surface area contributed by atoms with E-state index >= 15 is 0 Å². The molecule has 2 aliphatic rings. The third-order valence-electron chi connectivity index (χ3n) is 4.59. The largest absolute Gasteiger partial charge is 0.353 e. The van der Waals surface area contributed by atoms with E-state index in [4.69, 9.17) is 5.73 Å². The highest BCUT2D eigenvalue weighted by molar-refractivity contribution is 5.81. The smallest absolute Gasteiger partial charge is 0.237 e. The number of nitrogens with one attached hydrogen (secondary N) is 1. The first-order chi connectivity index (χ1) is 8.50. The number of carbonyl (C=O) groups is 1. The van der Waals surface area contributed by atoms with E-state index in [1.54, 1.807) is 0 Å².